The number of amides is 3. The van der Waals surface area contributed by atoms with Crippen molar-refractivity contribution in [3.05, 3.63) is 102 Å². The third kappa shape index (κ3) is 2.29. The van der Waals surface area contributed by atoms with Gasteiger partial charge in [-0.1, -0.05) is 66.7 Å². The number of hydrogen-bond acceptors (Lipinski definition) is 2. The molecule has 1 saturated heterocycles. The molecule has 6 rings (SSSR count). The van der Waals surface area contributed by atoms with Gasteiger partial charge in [-0.25, -0.2) is 9.69 Å². The van der Waals surface area contributed by atoms with Crippen LogP contribution in [-0.4, -0.2) is 27.9 Å². The fourth-order valence-electron chi connectivity index (χ4n) is 4.87. The van der Waals surface area contributed by atoms with E-state index < -0.39 is 6.04 Å². The van der Waals surface area contributed by atoms with Gasteiger partial charge in [0.15, 0.2) is 0 Å². The summed E-state index contributed by atoms with van der Waals surface area (Å²) >= 11 is 0. The minimum atomic E-state index is -0.519. The van der Waals surface area contributed by atoms with Crippen molar-refractivity contribution < 1.29 is 9.59 Å². The quantitative estimate of drug-likeness (QED) is 0.504. The van der Waals surface area contributed by atoms with Crippen molar-refractivity contribution in [2.24, 2.45) is 0 Å². The molecule has 30 heavy (non-hydrogen) atoms. The third-order valence-corrected chi connectivity index (χ3v) is 6.18. The summed E-state index contributed by atoms with van der Waals surface area (Å²) in [5, 5.41) is 1.12. The summed E-state index contributed by atoms with van der Waals surface area (Å²) in [6.45, 7) is 0. The van der Waals surface area contributed by atoms with Gasteiger partial charge in [0.1, 0.15) is 12.1 Å². The lowest BCUT2D eigenvalue weighted by molar-refractivity contribution is -0.120. The van der Waals surface area contributed by atoms with Crippen LogP contribution >= 0.6 is 0 Å². The predicted molar refractivity (Wildman–Crippen MR) is 115 cm³/mol. The number of para-hydroxylation sites is 2. The highest BCUT2D eigenvalue weighted by molar-refractivity contribution is 6.22. The van der Waals surface area contributed by atoms with Gasteiger partial charge in [0.2, 0.25) is 0 Å². The Balaban J connectivity index is 1.56. The first kappa shape index (κ1) is 17.0. The minimum Gasteiger partial charge on any atom is -0.356 e. The molecule has 0 unspecified atom stereocenters. The van der Waals surface area contributed by atoms with E-state index in [9.17, 15) is 9.59 Å². The van der Waals surface area contributed by atoms with E-state index in [2.05, 4.69) is 11.1 Å². The Morgan fingerprint density at radius 2 is 1.47 bits per heavy atom. The molecule has 0 saturated carbocycles. The van der Waals surface area contributed by atoms with E-state index in [-0.39, 0.29) is 18.0 Å². The van der Waals surface area contributed by atoms with Crippen LogP contribution in [-0.2, 0) is 11.2 Å². The topological polar surface area (TPSA) is 56.4 Å². The van der Waals surface area contributed by atoms with Crippen LogP contribution in [0.2, 0.25) is 0 Å². The van der Waals surface area contributed by atoms with Crippen molar-refractivity contribution in [2.45, 2.75) is 18.5 Å². The minimum absolute atomic E-state index is 0.164. The molecule has 2 aliphatic heterocycles. The Kier molecular flexibility index (Phi) is 3.59. The summed E-state index contributed by atoms with van der Waals surface area (Å²) in [6, 6.07) is 26.1. The molecule has 1 fully saturated rings. The lowest BCUT2D eigenvalue weighted by Crippen LogP contribution is -2.44. The normalized spacial score (nSPS) is 20.5. The average Bonchev–Trinajstić information content (AvgIpc) is 3.28. The molecule has 146 valence electrons. The summed E-state index contributed by atoms with van der Waals surface area (Å²) in [6.07, 6.45) is 0.511. The van der Waals surface area contributed by atoms with E-state index in [4.69, 9.17) is 0 Å². The van der Waals surface area contributed by atoms with Crippen molar-refractivity contribution in [1.82, 2.24) is 9.88 Å². The maximum atomic E-state index is 13.6. The van der Waals surface area contributed by atoms with E-state index >= 15 is 0 Å². The van der Waals surface area contributed by atoms with Crippen LogP contribution in [0.25, 0.3) is 10.9 Å². The monoisotopic (exact) mass is 393 g/mol. The standard InChI is InChI=1S/C25H19N3O2/c29-24-21-15-19-18-13-7-8-14-20(18)26-22(19)23(16-9-3-1-4-10-16)28(21)25(30)27(24)17-11-5-2-6-12-17/h1-14,21,23,26H,15H2/t21-,23-/m0/s1. The number of H-pyrrole nitrogens is 1. The Morgan fingerprint density at radius 3 is 2.23 bits per heavy atom. The van der Waals surface area contributed by atoms with E-state index in [1.807, 2.05) is 66.7 Å². The number of fused-ring (bicyclic) bond motifs is 4. The van der Waals surface area contributed by atoms with Gasteiger partial charge in [-0.3, -0.25) is 9.69 Å². The van der Waals surface area contributed by atoms with Crippen LogP contribution < -0.4 is 4.90 Å². The van der Waals surface area contributed by atoms with Gasteiger partial charge in [-0.2, -0.15) is 0 Å². The molecule has 0 radical (unpaired) electrons. The highest BCUT2D eigenvalue weighted by Crippen LogP contribution is 2.44. The van der Waals surface area contributed by atoms with Crippen molar-refractivity contribution in [3.8, 4) is 0 Å². The summed E-state index contributed by atoms with van der Waals surface area (Å²) in [4.78, 5) is 33.6. The second-order valence-corrected chi connectivity index (χ2v) is 7.79. The van der Waals surface area contributed by atoms with Crippen molar-refractivity contribution >= 4 is 28.5 Å². The fourth-order valence-corrected chi connectivity index (χ4v) is 4.87. The van der Waals surface area contributed by atoms with E-state index in [1.165, 1.54) is 4.90 Å². The molecule has 0 bridgehead atoms. The second kappa shape index (κ2) is 6.32. The van der Waals surface area contributed by atoms with Gasteiger partial charge in [-0.05, 0) is 29.3 Å². The van der Waals surface area contributed by atoms with Gasteiger partial charge in [0.25, 0.3) is 5.91 Å². The molecular weight excluding hydrogens is 374 g/mol. The molecule has 3 aromatic carbocycles. The highest BCUT2D eigenvalue weighted by atomic mass is 16.2. The van der Waals surface area contributed by atoms with Gasteiger partial charge in [0.05, 0.1) is 5.69 Å². The Hall–Kier alpha value is -3.86. The number of benzene rings is 3. The van der Waals surface area contributed by atoms with Gasteiger partial charge >= 0.3 is 6.03 Å². The zero-order valence-corrected chi connectivity index (χ0v) is 16.2. The number of aromatic amines is 1. The lowest BCUT2D eigenvalue weighted by atomic mass is 9.89. The van der Waals surface area contributed by atoms with Gasteiger partial charge in [-0.15, -0.1) is 0 Å². The number of nitrogens with zero attached hydrogens (tertiary/aromatic N) is 2. The summed E-state index contributed by atoms with van der Waals surface area (Å²) in [5.41, 5.74) is 4.75. The molecule has 1 aromatic heterocycles. The van der Waals surface area contributed by atoms with Crippen LogP contribution in [0.1, 0.15) is 22.9 Å². The molecule has 1 N–H and O–H groups in total. The van der Waals surface area contributed by atoms with Gasteiger partial charge < -0.3 is 4.98 Å². The smallest absolute Gasteiger partial charge is 0.332 e. The number of aromatic nitrogens is 1. The number of rotatable bonds is 2. The maximum absolute atomic E-state index is 13.6. The molecule has 5 nitrogen and oxygen atoms in total. The highest BCUT2D eigenvalue weighted by Gasteiger charge is 2.53. The summed E-state index contributed by atoms with van der Waals surface area (Å²) < 4.78 is 0. The SMILES string of the molecule is O=C1[C@@H]2Cc3c([nH]c4ccccc34)[C@H](c3ccccc3)N2C(=O)N1c1ccccc1. The molecule has 0 spiro atoms. The van der Waals surface area contributed by atoms with E-state index in [0.29, 0.717) is 12.1 Å². The average molecular weight is 393 g/mol. The molecule has 3 heterocycles. The Morgan fingerprint density at radius 1 is 0.800 bits per heavy atom. The molecular formula is C25H19N3O2. The Labute approximate surface area is 173 Å². The first-order valence-corrected chi connectivity index (χ1v) is 10.1. The first-order valence-electron chi connectivity index (χ1n) is 10.1. The number of urea groups is 1. The number of carbonyl (C=O) groups excluding carboxylic acids is 2. The van der Waals surface area contributed by atoms with Crippen LogP contribution in [0, 0.1) is 0 Å². The number of imide groups is 1. The number of anilines is 1. The predicted octanol–water partition coefficient (Wildman–Crippen LogP) is 4.65. The van der Waals surface area contributed by atoms with Crippen LogP contribution in [0.15, 0.2) is 84.9 Å². The molecule has 5 heteroatoms. The lowest BCUT2D eigenvalue weighted by Gasteiger charge is -2.36. The van der Waals surface area contributed by atoms with E-state index in [0.717, 1.165) is 27.7 Å². The molecule has 2 aliphatic rings. The number of carbonyl (C=O) groups is 2. The van der Waals surface area contributed by atoms with Crippen LogP contribution in [0.5, 0.6) is 0 Å². The molecule has 2 atom stereocenters. The van der Waals surface area contributed by atoms with Gasteiger partial charge in [0, 0.05) is 23.0 Å². The van der Waals surface area contributed by atoms with E-state index in [1.54, 1.807) is 17.0 Å². The van der Waals surface area contributed by atoms with Crippen molar-refractivity contribution in [1.29, 1.82) is 0 Å². The molecule has 4 aromatic rings. The first-order chi connectivity index (χ1) is 14.7. The summed E-state index contributed by atoms with van der Waals surface area (Å²) in [5.74, 6) is -0.164. The zero-order valence-electron chi connectivity index (χ0n) is 16.2. The zero-order chi connectivity index (χ0) is 20.2. The number of nitrogens with one attached hydrogen (secondary N) is 1. The van der Waals surface area contributed by atoms with Crippen molar-refractivity contribution in [2.75, 3.05) is 4.90 Å². The fraction of sp³-hybridized carbons (Fsp3) is 0.120. The third-order valence-electron chi connectivity index (χ3n) is 6.18. The van der Waals surface area contributed by atoms with Crippen LogP contribution in [0.3, 0.4) is 0 Å². The summed E-state index contributed by atoms with van der Waals surface area (Å²) in [7, 11) is 0. The second-order valence-electron chi connectivity index (χ2n) is 7.79. The molecule has 3 amide bonds. The maximum Gasteiger partial charge on any atom is 0.332 e. The van der Waals surface area contributed by atoms with Crippen molar-refractivity contribution in [3.63, 3.8) is 0 Å². The van der Waals surface area contributed by atoms with Crippen LogP contribution in [0.4, 0.5) is 10.5 Å². The Bertz CT molecular complexity index is 1280. The molecule has 0 aliphatic carbocycles. The number of hydrogen-bond donors (Lipinski definition) is 1. The largest absolute Gasteiger partial charge is 0.356 e.